The van der Waals surface area contributed by atoms with Gasteiger partial charge in [0, 0.05) is 29.8 Å². The number of nitrogens with zero attached hydrogens (tertiary/aromatic N) is 1. The fourth-order valence-corrected chi connectivity index (χ4v) is 3.86. The Morgan fingerprint density at radius 3 is 2.26 bits per heavy atom. The molecule has 186 valence electrons. The number of benzene rings is 2. The number of esters is 1. The van der Waals surface area contributed by atoms with Crippen LogP contribution in [0.1, 0.15) is 59.9 Å². The van der Waals surface area contributed by atoms with Crippen LogP contribution in [0.15, 0.2) is 48.5 Å². The van der Waals surface area contributed by atoms with E-state index in [1.165, 1.54) is 12.1 Å². The summed E-state index contributed by atoms with van der Waals surface area (Å²) >= 11 is 5.78. The number of rotatable bonds is 8. The summed E-state index contributed by atoms with van der Waals surface area (Å²) in [6.07, 6.45) is -1.26. The van der Waals surface area contributed by atoms with Crippen molar-refractivity contribution in [3.8, 4) is 0 Å². The van der Waals surface area contributed by atoms with Gasteiger partial charge in [-0.3, -0.25) is 29.6 Å². The largest absolute Gasteiger partial charge is 0.454 e. The predicted molar refractivity (Wildman–Crippen MR) is 128 cm³/mol. The standard InChI is InChI=1S/C26H28ClFN2O5/c1-26(2,3)19-8-4-17(5-9-19)24(33)29-30-15-18(14-22(30)31)25(34)35-21(12-13-27)23(32)16-6-10-20(28)11-7-16/h4-11,18,21H,12-15H2,1-3H3,(H,29,33)/t18-,21-/m0/s1. The number of hydrazine groups is 1. The Labute approximate surface area is 208 Å². The molecule has 1 aliphatic heterocycles. The van der Waals surface area contributed by atoms with Gasteiger partial charge in [-0.1, -0.05) is 32.9 Å². The van der Waals surface area contributed by atoms with Crippen LogP contribution in [-0.2, 0) is 19.7 Å². The zero-order valence-corrected chi connectivity index (χ0v) is 20.6. The molecule has 1 N–H and O–H groups in total. The molecule has 7 nitrogen and oxygen atoms in total. The van der Waals surface area contributed by atoms with Gasteiger partial charge >= 0.3 is 5.97 Å². The molecule has 1 saturated heterocycles. The van der Waals surface area contributed by atoms with Gasteiger partial charge in [-0.15, -0.1) is 11.6 Å². The maximum atomic E-state index is 13.2. The van der Waals surface area contributed by atoms with Crippen molar-refractivity contribution in [1.29, 1.82) is 0 Å². The van der Waals surface area contributed by atoms with Gasteiger partial charge in [0.1, 0.15) is 5.82 Å². The van der Waals surface area contributed by atoms with Crippen LogP contribution in [0.5, 0.6) is 0 Å². The summed E-state index contributed by atoms with van der Waals surface area (Å²) in [5.74, 6) is -3.45. The molecule has 0 bridgehead atoms. The van der Waals surface area contributed by atoms with Crippen molar-refractivity contribution in [3.05, 3.63) is 71.0 Å². The van der Waals surface area contributed by atoms with Crippen LogP contribution >= 0.6 is 11.6 Å². The number of carbonyl (C=O) groups is 4. The van der Waals surface area contributed by atoms with Gasteiger partial charge in [0.2, 0.25) is 11.7 Å². The van der Waals surface area contributed by atoms with Crippen molar-refractivity contribution < 1.29 is 28.3 Å². The number of hydrogen-bond donors (Lipinski definition) is 1. The molecule has 1 fully saturated rings. The van der Waals surface area contributed by atoms with Gasteiger partial charge in [0.15, 0.2) is 6.10 Å². The normalized spacial score (nSPS) is 16.7. The van der Waals surface area contributed by atoms with Gasteiger partial charge in [-0.2, -0.15) is 0 Å². The Bertz CT molecular complexity index is 1100. The Morgan fingerprint density at radius 2 is 1.69 bits per heavy atom. The highest BCUT2D eigenvalue weighted by Gasteiger charge is 2.38. The minimum absolute atomic E-state index is 0.0602. The number of ketones is 1. The molecule has 0 radical (unpaired) electrons. The van der Waals surface area contributed by atoms with E-state index in [9.17, 15) is 23.6 Å². The average molecular weight is 503 g/mol. The second-order valence-corrected chi connectivity index (χ2v) is 9.83. The lowest BCUT2D eigenvalue weighted by molar-refractivity contribution is -0.151. The molecule has 35 heavy (non-hydrogen) atoms. The molecule has 2 amide bonds. The number of carbonyl (C=O) groups excluding carboxylic acids is 4. The monoisotopic (exact) mass is 502 g/mol. The summed E-state index contributed by atoms with van der Waals surface area (Å²) in [5, 5.41) is 1.09. The van der Waals surface area contributed by atoms with Gasteiger partial charge in [-0.05, 0) is 47.4 Å². The van der Waals surface area contributed by atoms with Crippen molar-refractivity contribution in [2.75, 3.05) is 12.4 Å². The van der Waals surface area contributed by atoms with Gasteiger partial charge in [0.25, 0.3) is 5.91 Å². The van der Waals surface area contributed by atoms with Crippen LogP contribution in [0.4, 0.5) is 4.39 Å². The lowest BCUT2D eigenvalue weighted by Crippen LogP contribution is -2.43. The highest BCUT2D eigenvalue weighted by atomic mass is 35.5. The molecule has 2 atom stereocenters. The molecule has 0 saturated carbocycles. The predicted octanol–water partition coefficient (Wildman–Crippen LogP) is 4.04. The third-order valence-corrected chi connectivity index (χ3v) is 5.98. The molecule has 9 heteroatoms. The molecule has 0 unspecified atom stereocenters. The first kappa shape index (κ1) is 26.3. The highest BCUT2D eigenvalue weighted by molar-refractivity contribution is 6.18. The average Bonchev–Trinajstić information content (AvgIpc) is 3.18. The molecule has 0 spiro atoms. The van der Waals surface area contributed by atoms with Crippen molar-refractivity contribution in [2.24, 2.45) is 5.92 Å². The molecule has 0 aromatic heterocycles. The molecular formula is C26H28ClFN2O5. The topological polar surface area (TPSA) is 92.8 Å². The quantitative estimate of drug-likeness (QED) is 0.334. The number of hydrogen-bond acceptors (Lipinski definition) is 5. The van der Waals surface area contributed by atoms with Crippen molar-refractivity contribution in [2.45, 2.75) is 45.1 Å². The summed E-state index contributed by atoms with van der Waals surface area (Å²) in [6, 6.07) is 12.0. The lowest BCUT2D eigenvalue weighted by atomic mass is 9.87. The third kappa shape index (κ3) is 6.66. The van der Waals surface area contributed by atoms with E-state index in [4.69, 9.17) is 16.3 Å². The van der Waals surface area contributed by atoms with E-state index < -0.39 is 41.4 Å². The molecule has 3 rings (SSSR count). The fraction of sp³-hybridized carbons (Fsp3) is 0.385. The number of halogens is 2. The smallest absolute Gasteiger partial charge is 0.312 e. The van der Waals surface area contributed by atoms with Crippen LogP contribution in [-0.4, -0.2) is 47.1 Å². The number of alkyl halides is 1. The molecule has 1 aliphatic rings. The number of Topliss-reactive ketones (excluding diaryl/α,β-unsaturated/α-hetero) is 1. The zero-order chi connectivity index (χ0) is 25.8. The fourth-order valence-electron chi connectivity index (χ4n) is 3.66. The van der Waals surface area contributed by atoms with Crippen LogP contribution in [0, 0.1) is 11.7 Å². The van der Waals surface area contributed by atoms with E-state index in [1.54, 1.807) is 12.1 Å². The van der Waals surface area contributed by atoms with E-state index in [0.29, 0.717) is 5.56 Å². The molecule has 2 aromatic carbocycles. The van der Waals surface area contributed by atoms with Crippen molar-refractivity contribution in [3.63, 3.8) is 0 Å². The molecule has 0 aliphatic carbocycles. The van der Waals surface area contributed by atoms with E-state index >= 15 is 0 Å². The van der Waals surface area contributed by atoms with E-state index in [0.717, 1.165) is 22.7 Å². The maximum Gasteiger partial charge on any atom is 0.312 e. The zero-order valence-electron chi connectivity index (χ0n) is 19.8. The first-order chi connectivity index (χ1) is 16.5. The van der Waals surface area contributed by atoms with Crippen LogP contribution in [0.25, 0.3) is 0 Å². The molecule has 1 heterocycles. The van der Waals surface area contributed by atoms with Crippen LogP contribution in [0.3, 0.4) is 0 Å². The summed E-state index contributed by atoms with van der Waals surface area (Å²) < 4.78 is 18.6. The second-order valence-electron chi connectivity index (χ2n) is 9.45. The van der Waals surface area contributed by atoms with Crippen molar-refractivity contribution in [1.82, 2.24) is 10.4 Å². The summed E-state index contributed by atoms with van der Waals surface area (Å²) in [6.45, 7) is 6.11. The number of nitrogens with one attached hydrogen (secondary N) is 1. The van der Waals surface area contributed by atoms with Crippen molar-refractivity contribution >= 4 is 35.2 Å². The SMILES string of the molecule is CC(C)(C)c1ccc(C(=O)NN2C[C@@H](C(=O)O[C@@H](CCCl)C(=O)c3ccc(F)cc3)CC2=O)cc1. The van der Waals surface area contributed by atoms with E-state index in [-0.39, 0.29) is 36.2 Å². The molecular weight excluding hydrogens is 475 g/mol. The van der Waals surface area contributed by atoms with E-state index in [1.807, 2.05) is 12.1 Å². The number of amides is 2. The second kappa shape index (κ2) is 11.0. The number of ether oxygens (including phenoxy) is 1. The maximum absolute atomic E-state index is 13.2. The Balaban J connectivity index is 1.61. The van der Waals surface area contributed by atoms with Crippen LogP contribution < -0.4 is 5.43 Å². The highest BCUT2D eigenvalue weighted by Crippen LogP contribution is 2.23. The Morgan fingerprint density at radius 1 is 1.09 bits per heavy atom. The summed E-state index contributed by atoms with van der Waals surface area (Å²) in [7, 11) is 0. The minimum atomic E-state index is -1.16. The lowest BCUT2D eigenvalue weighted by Gasteiger charge is -2.21. The minimum Gasteiger partial charge on any atom is -0.454 e. The molecule has 2 aromatic rings. The van der Waals surface area contributed by atoms with Gasteiger partial charge in [0.05, 0.1) is 12.5 Å². The summed E-state index contributed by atoms with van der Waals surface area (Å²) in [5.41, 5.74) is 4.10. The third-order valence-electron chi connectivity index (χ3n) is 5.76. The first-order valence-electron chi connectivity index (χ1n) is 11.3. The Hall–Kier alpha value is -3.26. The van der Waals surface area contributed by atoms with Crippen LogP contribution in [0.2, 0.25) is 0 Å². The Kier molecular flexibility index (Phi) is 8.27. The first-order valence-corrected chi connectivity index (χ1v) is 11.8. The van der Waals surface area contributed by atoms with Gasteiger partial charge < -0.3 is 4.74 Å². The van der Waals surface area contributed by atoms with Gasteiger partial charge in [-0.25, -0.2) is 4.39 Å². The van der Waals surface area contributed by atoms with E-state index in [2.05, 4.69) is 26.2 Å². The summed E-state index contributed by atoms with van der Waals surface area (Å²) in [4.78, 5) is 50.5.